The second-order valence-electron chi connectivity index (χ2n) is 3.96. The summed E-state index contributed by atoms with van der Waals surface area (Å²) in [6.07, 6.45) is 0. The van der Waals surface area contributed by atoms with E-state index in [1.165, 1.54) is 24.3 Å². The molecule has 0 saturated carbocycles. The van der Waals surface area contributed by atoms with Crippen molar-refractivity contribution >= 4 is 15.8 Å². The summed E-state index contributed by atoms with van der Waals surface area (Å²) >= 11 is 0. The Hall–Kier alpha value is -1.51. The van der Waals surface area contributed by atoms with E-state index in [-0.39, 0.29) is 4.90 Å². The lowest BCUT2D eigenvalue weighted by Gasteiger charge is -2.20. The molecule has 1 saturated heterocycles. The maximum atomic E-state index is 10.7. The van der Waals surface area contributed by atoms with Crippen LogP contribution in [-0.4, -0.2) is 44.2 Å². The Morgan fingerprint density at radius 2 is 1.78 bits per heavy atom. The Labute approximate surface area is 105 Å². The zero-order valence-electron chi connectivity index (χ0n) is 9.69. The van der Waals surface area contributed by atoms with E-state index < -0.39 is 10.1 Å². The number of rotatable bonds is 3. The molecule has 1 aromatic rings. The SMILES string of the molecule is O=S(=O)([O-])c1ccc(N=NN2CC[NH2+]CC2)cc1. The van der Waals surface area contributed by atoms with Crippen LogP contribution in [0.3, 0.4) is 0 Å². The van der Waals surface area contributed by atoms with Crippen molar-refractivity contribution in [3.63, 3.8) is 0 Å². The average molecular weight is 270 g/mol. The van der Waals surface area contributed by atoms with E-state index in [9.17, 15) is 13.0 Å². The van der Waals surface area contributed by atoms with Crippen LogP contribution < -0.4 is 5.32 Å². The number of quaternary nitrogens is 1. The fourth-order valence-electron chi connectivity index (χ4n) is 1.62. The second-order valence-corrected chi connectivity index (χ2v) is 5.34. The molecule has 0 bridgehead atoms. The number of hydrogen-bond donors (Lipinski definition) is 1. The minimum absolute atomic E-state index is 0.256. The Morgan fingerprint density at radius 3 is 2.33 bits per heavy atom. The standard InChI is InChI=1S/C10H14N4O3S/c15-18(16,17)10-3-1-9(2-4-10)12-13-14-7-5-11-6-8-14/h1-4,11H,5-8H2,(H,15,16,17). The summed E-state index contributed by atoms with van der Waals surface area (Å²) in [4.78, 5) is -0.256. The molecule has 0 atom stereocenters. The molecule has 98 valence electrons. The molecule has 1 aromatic carbocycles. The third-order valence-corrected chi connectivity index (χ3v) is 3.44. The summed E-state index contributed by atoms with van der Waals surface area (Å²) in [7, 11) is -4.39. The lowest BCUT2D eigenvalue weighted by atomic mass is 10.3. The van der Waals surface area contributed by atoms with E-state index in [1.54, 1.807) is 0 Å². The number of nitrogens with two attached hydrogens (primary N) is 1. The minimum Gasteiger partial charge on any atom is -0.744 e. The summed E-state index contributed by atoms with van der Waals surface area (Å²) in [5, 5.41) is 12.1. The van der Waals surface area contributed by atoms with Gasteiger partial charge in [-0.2, -0.15) is 0 Å². The molecule has 0 amide bonds. The summed E-state index contributed by atoms with van der Waals surface area (Å²) in [5.74, 6) is 0. The molecule has 1 heterocycles. The van der Waals surface area contributed by atoms with Crippen LogP contribution in [0.25, 0.3) is 0 Å². The average Bonchev–Trinajstić information content (AvgIpc) is 2.37. The molecule has 2 rings (SSSR count). The Morgan fingerprint density at radius 1 is 1.17 bits per heavy atom. The minimum atomic E-state index is -4.39. The van der Waals surface area contributed by atoms with Crippen molar-refractivity contribution in [2.45, 2.75) is 4.90 Å². The smallest absolute Gasteiger partial charge is 0.124 e. The highest BCUT2D eigenvalue weighted by molar-refractivity contribution is 7.85. The van der Waals surface area contributed by atoms with Crippen LogP contribution in [0.5, 0.6) is 0 Å². The Balaban J connectivity index is 2.03. The van der Waals surface area contributed by atoms with E-state index >= 15 is 0 Å². The first-order valence-corrected chi connectivity index (χ1v) is 7.01. The lowest BCUT2D eigenvalue weighted by Crippen LogP contribution is -2.89. The first-order chi connectivity index (χ1) is 8.55. The van der Waals surface area contributed by atoms with Gasteiger partial charge in [0.2, 0.25) is 0 Å². The van der Waals surface area contributed by atoms with Crippen LogP contribution in [0.4, 0.5) is 5.69 Å². The van der Waals surface area contributed by atoms with Gasteiger partial charge in [0.1, 0.15) is 10.1 Å². The largest absolute Gasteiger partial charge is 0.744 e. The monoisotopic (exact) mass is 270 g/mol. The number of piperazine rings is 1. The highest BCUT2D eigenvalue weighted by atomic mass is 32.2. The zero-order chi connectivity index (χ0) is 13.0. The molecule has 1 aliphatic heterocycles. The predicted molar refractivity (Wildman–Crippen MR) is 62.2 cm³/mol. The predicted octanol–water partition coefficient (Wildman–Crippen LogP) is -0.532. The fraction of sp³-hybridized carbons (Fsp3) is 0.400. The van der Waals surface area contributed by atoms with Gasteiger partial charge in [0.05, 0.1) is 36.8 Å². The topological polar surface area (TPSA) is 102 Å². The first kappa shape index (κ1) is 12.9. The van der Waals surface area contributed by atoms with Crippen LogP contribution in [0.2, 0.25) is 0 Å². The van der Waals surface area contributed by atoms with Crippen molar-refractivity contribution < 1.29 is 18.3 Å². The number of benzene rings is 1. The lowest BCUT2D eigenvalue weighted by molar-refractivity contribution is -0.663. The van der Waals surface area contributed by atoms with Gasteiger partial charge in [-0.25, -0.2) is 8.42 Å². The highest BCUT2D eigenvalue weighted by Gasteiger charge is 2.09. The van der Waals surface area contributed by atoms with Gasteiger partial charge in [-0.3, -0.25) is 5.01 Å². The molecule has 2 N–H and O–H groups in total. The molecular formula is C10H14N4O3S. The van der Waals surface area contributed by atoms with Gasteiger partial charge in [0.25, 0.3) is 0 Å². The molecule has 8 heteroatoms. The Bertz CT molecular complexity index is 521. The van der Waals surface area contributed by atoms with Crippen molar-refractivity contribution in [2.75, 3.05) is 26.2 Å². The molecule has 1 aliphatic rings. The van der Waals surface area contributed by atoms with E-state index in [1.807, 2.05) is 5.01 Å². The van der Waals surface area contributed by atoms with E-state index in [2.05, 4.69) is 15.7 Å². The molecular weight excluding hydrogens is 256 g/mol. The molecule has 7 nitrogen and oxygen atoms in total. The third-order valence-electron chi connectivity index (χ3n) is 2.59. The van der Waals surface area contributed by atoms with Gasteiger partial charge in [-0.15, -0.1) is 5.11 Å². The summed E-state index contributed by atoms with van der Waals surface area (Å²) in [6, 6.07) is 5.40. The molecule has 18 heavy (non-hydrogen) atoms. The number of hydrogen-bond acceptors (Lipinski definition) is 5. The highest BCUT2D eigenvalue weighted by Crippen LogP contribution is 2.16. The van der Waals surface area contributed by atoms with Crippen molar-refractivity contribution in [2.24, 2.45) is 10.3 Å². The molecule has 0 aliphatic carbocycles. The molecule has 0 aromatic heterocycles. The van der Waals surface area contributed by atoms with Gasteiger partial charge in [0.15, 0.2) is 0 Å². The third kappa shape index (κ3) is 3.49. The normalized spacial score (nSPS) is 17.3. The van der Waals surface area contributed by atoms with Crippen LogP contribution in [0, 0.1) is 0 Å². The van der Waals surface area contributed by atoms with Gasteiger partial charge >= 0.3 is 0 Å². The van der Waals surface area contributed by atoms with Crippen molar-refractivity contribution in [1.82, 2.24) is 5.01 Å². The van der Waals surface area contributed by atoms with Gasteiger partial charge in [-0.05, 0) is 24.3 Å². The number of nitrogens with zero attached hydrogens (tertiary/aromatic N) is 3. The summed E-state index contributed by atoms with van der Waals surface area (Å²) in [5.41, 5.74) is 0.525. The van der Waals surface area contributed by atoms with Crippen LogP contribution in [-0.2, 0) is 10.1 Å². The van der Waals surface area contributed by atoms with E-state index in [4.69, 9.17) is 0 Å². The van der Waals surface area contributed by atoms with Gasteiger partial charge in [0, 0.05) is 0 Å². The zero-order valence-corrected chi connectivity index (χ0v) is 10.5. The molecule has 0 unspecified atom stereocenters. The van der Waals surface area contributed by atoms with Crippen molar-refractivity contribution in [3.05, 3.63) is 24.3 Å². The Kier molecular flexibility index (Phi) is 3.90. The van der Waals surface area contributed by atoms with E-state index in [0.717, 1.165) is 26.2 Å². The summed E-state index contributed by atoms with van der Waals surface area (Å²) in [6.45, 7) is 3.67. The van der Waals surface area contributed by atoms with Crippen LogP contribution >= 0.6 is 0 Å². The van der Waals surface area contributed by atoms with Crippen LogP contribution in [0.1, 0.15) is 0 Å². The van der Waals surface area contributed by atoms with Crippen LogP contribution in [0.15, 0.2) is 39.5 Å². The molecule has 0 radical (unpaired) electrons. The maximum Gasteiger partial charge on any atom is 0.124 e. The molecule has 0 spiro atoms. The first-order valence-electron chi connectivity index (χ1n) is 5.60. The second kappa shape index (κ2) is 5.42. The summed E-state index contributed by atoms with van der Waals surface area (Å²) < 4.78 is 32.2. The fourth-order valence-corrected chi connectivity index (χ4v) is 2.09. The van der Waals surface area contributed by atoms with Gasteiger partial charge < -0.3 is 9.87 Å². The maximum absolute atomic E-state index is 10.7. The van der Waals surface area contributed by atoms with E-state index in [0.29, 0.717) is 5.69 Å². The van der Waals surface area contributed by atoms with Crippen molar-refractivity contribution in [1.29, 1.82) is 0 Å². The molecule has 1 fully saturated rings. The van der Waals surface area contributed by atoms with Gasteiger partial charge in [-0.1, -0.05) is 5.22 Å². The van der Waals surface area contributed by atoms with Crippen molar-refractivity contribution in [3.8, 4) is 0 Å². The quantitative estimate of drug-likeness (QED) is 0.589.